The number of carbonyl (C=O) groups is 1. The minimum absolute atomic E-state index is 0.0862. The number of nitrogens with one attached hydrogen (secondary N) is 1. The summed E-state index contributed by atoms with van der Waals surface area (Å²) in [5.41, 5.74) is 1.18. The van der Waals surface area contributed by atoms with E-state index in [1.165, 1.54) is 12.8 Å². The van der Waals surface area contributed by atoms with Gasteiger partial charge in [-0.1, -0.05) is 11.2 Å². The molecule has 24 heavy (non-hydrogen) atoms. The first-order valence-corrected chi connectivity index (χ1v) is 8.46. The van der Waals surface area contributed by atoms with Crippen molar-refractivity contribution >= 4 is 11.9 Å². The second-order valence-corrected chi connectivity index (χ2v) is 6.82. The summed E-state index contributed by atoms with van der Waals surface area (Å²) in [6, 6.07) is 5.33. The van der Waals surface area contributed by atoms with Crippen LogP contribution in [0.2, 0.25) is 0 Å². The van der Waals surface area contributed by atoms with E-state index in [2.05, 4.69) is 20.5 Å². The fourth-order valence-electron chi connectivity index (χ4n) is 3.27. The van der Waals surface area contributed by atoms with Crippen LogP contribution in [0.5, 0.6) is 0 Å². The summed E-state index contributed by atoms with van der Waals surface area (Å²) < 4.78 is 5.55. The lowest BCUT2D eigenvalue weighted by Crippen LogP contribution is -2.45. The first-order valence-electron chi connectivity index (χ1n) is 8.46. The van der Waals surface area contributed by atoms with Gasteiger partial charge < -0.3 is 14.6 Å². The van der Waals surface area contributed by atoms with E-state index in [1.807, 2.05) is 24.0 Å². The van der Waals surface area contributed by atoms with Crippen LogP contribution in [0, 0.1) is 5.41 Å². The van der Waals surface area contributed by atoms with Crippen molar-refractivity contribution in [3.8, 4) is 11.6 Å². The van der Waals surface area contributed by atoms with Gasteiger partial charge in [0.15, 0.2) is 0 Å². The molecule has 1 unspecified atom stereocenters. The molecule has 2 aliphatic rings. The van der Waals surface area contributed by atoms with Gasteiger partial charge in [-0.15, -0.1) is 5.10 Å². The van der Waals surface area contributed by atoms with Crippen molar-refractivity contribution in [2.45, 2.75) is 38.6 Å². The predicted octanol–water partition coefficient (Wildman–Crippen LogP) is 2.33. The van der Waals surface area contributed by atoms with Crippen LogP contribution in [0.1, 0.15) is 32.6 Å². The van der Waals surface area contributed by atoms with Gasteiger partial charge >= 0.3 is 6.01 Å². The Morgan fingerprint density at radius 1 is 1.25 bits per heavy atom. The van der Waals surface area contributed by atoms with E-state index in [0.717, 1.165) is 25.9 Å². The van der Waals surface area contributed by atoms with E-state index in [-0.39, 0.29) is 11.9 Å². The minimum Gasteiger partial charge on any atom is -0.402 e. The topological polar surface area (TPSA) is 84.1 Å². The molecular weight excluding hydrogens is 306 g/mol. The lowest BCUT2D eigenvalue weighted by Gasteiger charge is -2.33. The average Bonchev–Trinajstić information content (AvgIpc) is 3.20. The van der Waals surface area contributed by atoms with E-state index in [0.29, 0.717) is 17.0 Å². The van der Waals surface area contributed by atoms with E-state index in [1.54, 1.807) is 12.3 Å². The highest BCUT2D eigenvalue weighted by molar-refractivity contribution is 5.83. The molecule has 0 radical (unpaired) electrons. The van der Waals surface area contributed by atoms with Gasteiger partial charge in [0.25, 0.3) is 5.89 Å². The molecule has 7 heteroatoms. The predicted molar refractivity (Wildman–Crippen MR) is 88.1 cm³/mol. The number of carbonyl (C=O) groups excluding carboxylic acids is 1. The molecule has 3 heterocycles. The smallest absolute Gasteiger partial charge is 0.316 e. The maximum atomic E-state index is 12.6. The summed E-state index contributed by atoms with van der Waals surface area (Å²) in [5, 5.41) is 10.9. The van der Waals surface area contributed by atoms with Gasteiger partial charge in [0.1, 0.15) is 11.7 Å². The summed E-state index contributed by atoms with van der Waals surface area (Å²) in [6.45, 7) is 3.54. The second kappa shape index (κ2) is 5.89. The van der Waals surface area contributed by atoms with Gasteiger partial charge in [-0.25, -0.2) is 0 Å². The first kappa shape index (κ1) is 15.1. The third-order valence-corrected chi connectivity index (χ3v) is 5.11. The molecule has 2 aromatic rings. The van der Waals surface area contributed by atoms with E-state index in [9.17, 15) is 4.79 Å². The molecule has 1 amide bonds. The number of rotatable bonds is 4. The summed E-state index contributed by atoms with van der Waals surface area (Å²) in [7, 11) is 0. The van der Waals surface area contributed by atoms with Gasteiger partial charge in [0, 0.05) is 19.3 Å². The molecule has 1 saturated carbocycles. The Bertz CT molecular complexity index is 716. The number of hydrogen-bond acceptors (Lipinski definition) is 6. The van der Waals surface area contributed by atoms with Crippen LogP contribution in [0.25, 0.3) is 11.6 Å². The Hall–Kier alpha value is -2.44. The Balaban J connectivity index is 1.36. The standard InChI is InChI=1S/C17H21N5O2/c1-12(15(23)22-10-7-17(5-6-17)8-11-22)19-16-21-20-14(24-16)13-4-2-3-9-18-13/h2-4,9,12H,5-8,10-11H2,1H3,(H,19,21). The monoisotopic (exact) mass is 327 g/mol. The summed E-state index contributed by atoms with van der Waals surface area (Å²) >= 11 is 0. The lowest BCUT2D eigenvalue weighted by molar-refractivity contribution is -0.133. The molecule has 0 aromatic carbocycles. The van der Waals surface area contributed by atoms with Crippen LogP contribution in [0.15, 0.2) is 28.8 Å². The highest BCUT2D eigenvalue weighted by Crippen LogP contribution is 2.53. The number of amides is 1. The Morgan fingerprint density at radius 2 is 2.04 bits per heavy atom. The van der Waals surface area contributed by atoms with Crippen LogP contribution in [0.4, 0.5) is 6.01 Å². The van der Waals surface area contributed by atoms with Crippen LogP contribution < -0.4 is 5.32 Å². The molecule has 1 N–H and O–H groups in total. The van der Waals surface area contributed by atoms with Crippen molar-refractivity contribution in [2.75, 3.05) is 18.4 Å². The highest BCUT2D eigenvalue weighted by atomic mass is 16.4. The second-order valence-electron chi connectivity index (χ2n) is 6.82. The molecule has 7 nitrogen and oxygen atoms in total. The number of anilines is 1. The number of piperidine rings is 1. The molecule has 2 aromatic heterocycles. The maximum Gasteiger partial charge on any atom is 0.316 e. The molecule has 1 aliphatic heterocycles. The third-order valence-electron chi connectivity index (χ3n) is 5.11. The molecule has 1 atom stereocenters. The highest BCUT2D eigenvalue weighted by Gasteiger charge is 2.45. The quantitative estimate of drug-likeness (QED) is 0.928. The van der Waals surface area contributed by atoms with Crippen molar-refractivity contribution in [2.24, 2.45) is 5.41 Å². The largest absolute Gasteiger partial charge is 0.402 e. The van der Waals surface area contributed by atoms with Crippen LogP contribution in [-0.2, 0) is 4.79 Å². The first-order chi connectivity index (χ1) is 11.7. The molecule has 1 aliphatic carbocycles. The van der Waals surface area contributed by atoms with Crippen molar-refractivity contribution < 1.29 is 9.21 Å². The van der Waals surface area contributed by atoms with Gasteiger partial charge in [-0.2, -0.15) is 0 Å². The zero-order valence-corrected chi connectivity index (χ0v) is 13.7. The zero-order valence-electron chi connectivity index (χ0n) is 13.7. The third kappa shape index (κ3) is 2.98. The number of pyridine rings is 1. The molecule has 126 valence electrons. The maximum absolute atomic E-state index is 12.6. The van der Waals surface area contributed by atoms with Gasteiger partial charge in [-0.3, -0.25) is 9.78 Å². The molecule has 4 rings (SSSR count). The number of hydrogen-bond donors (Lipinski definition) is 1. The Morgan fingerprint density at radius 3 is 2.71 bits per heavy atom. The summed E-state index contributed by atoms with van der Waals surface area (Å²) in [4.78, 5) is 18.7. The van der Waals surface area contributed by atoms with Crippen LogP contribution in [-0.4, -0.2) is 45.1 Å². The van der Waals surface area contributed by atoms with Crippen molar-refractivity contribution in [1.82, 2.24) is 20.1 Å². The Labute approximate surface area is 140 Å². The van der Waals surface area contributed by atoms with E-state index in [4.69, 9.17) is 4.42 Å². The van der Waals surface area contributed by atoms with Crippen LogP contribution >= 0.6 is 0 Å². The minimum atomic E-state index is -0.393. The van der Waals surface area contributed by atoms with Gasteiger partial charge in [-0.05, 0) is 50.2 Å². The summed E-state index contributed by atoms with van der Waals surface area (Å²) in [5.74, 6) is 0.425. The van der Waals surface area contributed by atoms with Gasteiger partial charge in [0.05, 0.1) is 0 Å². The molecule has 1 saturated heterocycles. The number of aromatic nitrogens is 3. The molecular formula is C17H21N5O2. The molecule has 1 spiro atoms. The van der Waals surface area contributed by atoms with E-state index < -0.39 is 6.04 Å². The Kier molecular flexibility index (Phi) is 3.70. The fourth-order valence-corrected chi connectivity index (χ4v) is 3.27. The lowest BCUT2D eigenvalue weighted by atomic mass is 9.93. The van der Waals surface area contributed by atoms with Crippen molar-refractivity contribution in [1.29, 1.82) is 0 Å². The SMILES string of the molecule is CC(Nc1nnc(-c2ccccn2)o1)C(=O)N1CCC2(CC1)CC2. The van der Waals surface area contributed by atoms with Crippen LogP contribution in [0.3, 0.4) is 0 Å². The molecule has 2 fully saturated rings. The number of nitrogens with zero attached hydrogens (tertiary/aromatic N) is 4. The zero-order chi connectivity index (χ0) is 16.6. The normalized spacial score (nSPS) is 20.0. The van der Waals surface area contributed by atoms with Crippen molar-refractivity contribution in [3.63, 3.8) is 0 Å². The van der Waals surface area contributed by atoms with Crippen molar-refractivity contribution in [3.05, 3.63) is 24.4 Å². The van der Waals surface area contributed by atoms with E-state index >= 15 is 0 Å². The number of likely N-dealkylation sites (tertiary alicyclic amines) is 1. The van der Waals surface area contributed by atoms with Gasteiger partial charge in [0.2, 0.25) is 5.91 Å². The molecule has 0 bridgehead atoms. The summed E-state index contributed by atoms with van der Waals surface area (Å²) in [6.07, 6.45) is 6.61. The fraction of sp³-hybridized carbons (Fsp3) is 0.529. The average molecular weight is 327 g/mol.